The fourth-order valence-electron chi connectivity index (χ4n) is 1.48. The van der Waals surface area contributed by atoms with Crippen LogP contribution in [-0.2, 0) is 0 Å². The van der Waals surface area contributed by atoms with Gasteiger partial charge in [0.05, 0.1) is 11.0 Å². The zero-order valence-electron chi connectivity index (χ0n) is 10.1. The van der Waals surface area contributed by atoms with E-state index in [1.807, 2.05) is 6.07 Å². The van der Waals surface area contributed by atoms with Gasteiger partial charge >= 0.3 is 0 Å². The highest BCUT2D eigenvalue weighted by molar-refractivity contribution is 5.96. The van der Waals surface area contributed by atoms with Gasteiger partial charge in [0.1, 0.15) is 6.04 Å². The van der Waals surface area contributed by atoms with E-state index >= 15 is 0 Å². The summed E-state index contributed by atoms with van der Waals surface area (Å²) in [5, 5.41) is 21.9. The van der Waals surface area contributed by atoms with E-state index in [9.17, 15) is 14.9 Å². The van der Waals surface area contributed by atoms with E-state index in [1.165, 1.54) is 18.2 Å². The molecule has 0 spiro atoms. The molecule has 1 unspecified atom stereocenters. The lowest BCUT2D eigenvalue weighted by molar-refractivity contribution is -0.384. The first-order valence-electron chi connectivity index (χ1n) is 5.45. The van der Waals surface area contributed by atoms with E-state index in [0.717, 1.165) is 0 Å². The van der Waals surface area contributed by atoms with Gasteiger partial charge in [0, 0.05) is 17.7 Å². The van der Waals surface area contributed by atoms with Crippen molar-refractivity contribution < 1.29 is 9.72 Å². The molecule has 6 heteroatoms. The van der Waals surface area contributed by atoms with E-state index in [-0.39, 0.29) is 5.69 Å². The normalized spacial score (nSPS) is 11.4. The molecule has 0 heterocycles. The lowest BCUT2D eigenvalue weighted by Gasteiger charge is -2.10. The maximum Gasteiger partial charge on any atom is 0.269 e. The number of nitrogens with one attached hydrogen (secondary N) is 1. The minimum atomic E-state index is -0.549. The predicted octanol–water partition coefficient (Wildman–Crippen LogP) is 1.94. The number of hydrogen-bond acceptors (Lipinski definition) is 4. The Labute approximate surface area is 104 Å². The molecular formula is C12H13N3O3. The summed E-state index contributed by atoms with van der Waals surface area (Å²) < 4.78 is 0. The number of non-ortho nitro benzene ring substituents is 1. The summed E-state index contributed by atoms with van der Waals surface area (Å²) in [6.45, 7) is 3.41. The maximum absolute atomic E-state index is 11.8. The van der Waals surface area contributed by atoms with Crippen molar-refractivity contribution in [2.75, 3.05) is 0 Å². The van der Waals surface area contributed by atoms with Crippen molar-refractivity contribution in [2.45, 2.75) is 26.3 Å². The molecule has 0 aromatic heterocycles. The van der Waals surface area contributed by atoms with Gasteiger partial charge in [-0.1, -0.05) is 6.92 Å². The van der Waals surface area contributed by atoms with Gasteiger partial charge in [0.2, 0.25) is 0 Å². The van der Waals surface area contributed by atoms with Gasteiger partial charge < -0.3 is 5.32 Å². The van der Waals surface area contributed by atoms with E-state index in [1.54, 1.807) is 13.8 Å². The standard InChI is InChI=1S/C12H13N3O3/c1-3-9(7-13)14-12(16)11-5-4-10(15(17)18)6-8(11)2/h4-6,9H,3H2,1-2H3,(H,14,16). The third-order valence-electron chi connectivity index (χ3n) is 2.53. The van der Waals surface area contributed by atoms with Crippen LogP contribution in [0.5, 0.6) is 0 Å². The van der Waals surface area contributed by atoms with Gasteiger partial charge in [-0.05, 0) is 25.0 Å². The zero-order chi connectivity index (χ0) is 13.7. The Morgan fingerprint density at radius 3 is 2.72 bits per heavy atom. The van der Waals surface area contributed by atoms with Crippen molar-refractivity contribution >= 4 is 11.6 Å². The van der Waals surface area contributed by atoms with Gasteiger partial charge in [0.25, 0.3) is 11.6 Å². The van der Waals surface area contributed by atoms with E-state index in [0.29, 0.717) is 17.5 Å². The molecule has 0 aliphatic rings. The highest BCUT2D eigenvalue weighted by Gasteiger charge is 2.15. The van der Waals surface area contributed by atoms with Crippen LogP contribution in [0.4, 0.5) is 5.69 Å². The van der Waals surface area contributed by atoms with Crippen molar-refractivity contribution in [3.05, 3.63) is 39.4 Å². The molecule has 0 bridgehead atoms. The van der Waals surface area contributed by atoms with Crippen molar-refractivity contribution in [3.63, 3.8) is 0 Å². The number of benzene rings is 1. The summed E-state index contributed by atoms with van der Waals surface area (Å²) in [7, 11) is 0. The number of rotatable bonds is 4. The number of carbonyl (C=O) groups is 1. The van der Waals surface area contributed by atoms with Gasteiger partial charge in [-0.25, -0.2) is 0 Å². The first kappa shape index (κ1) is 13.6. The van der Waals surface area contributed by atoms with Crippen LogP contribution in [0.3, 0.4) is 0 Å². The second kappa shape index (κ2) is 5.77. The van der Waals surface area contributed by atoms with Crippen LogP contribution >= 0.6 is 0 Å². The number of aryl methyl sites for hydroxylation is 1. The quantitative estimate of drug-likeness (QED) is 0.649. The molecule has 6 nitrogen and oxygen atoms in total. The second-order valence-corrected chi connectivity index (χ2v) is 3.82. The van der Waals surface area contributed by atoms with Crippen molar-refractivity contribution in [2.24, 2.45) is 0 Å². The molecule has 94 valence electrons. The first-order chi connectivity index (χ1) is 8.49. The smallest absolute Gasteiger partial charge is 0.269 e. The average Bonchev–Trinajstić information content (AvgIpc) is 2.35. The maximum atomic E-state index is 11.8. The minimum Gasteiger partial charge on any atom is -0.336 e. The molecular weight excluding hydrogens is 234 g/mol. The van der Waals surface area contributed by atoms with E-state index in [4.69, 9.17) is 5.26 Å². The molecule has 1 atom stereocenters. The van der Waals surface area contributed by atoms with Crippen LogP contribution in [0.2, 0.25) is 0 Å². The van der Waals surface area contributed by atoms with Gasteiger partial charge in [0.15, 0.2) is 0 Å². The average molecular weight is 247 g/mol. The zero-order valence-corrected chi connectivity index (χ0v) is 10.1. The van der Waals surface area contributed by atoms with Crippen LogP contribution in [0.15, 0.2) is 18.2 Å². The van der Waals surface area contributed by atoms with Crippen LogP contribution in [0.25, 0.3) is 0 Å². The lowest BCUT2D eigenvalue weighted by Crippen LogP contribution is -2.33. The molecule has 0 radical (unpaired) electrons. The molecule has 0 aliphatic heterocycles. The van der Waals surface area contributed by atoms with Gasteiger partial charge in [-0.3, -0.25) is 14.9 Å². The fraction of sp³-hybridized carbons (Fsp3) is 0.333. The topological polar surface area (TPSA) is 96.0 Å². The molecule has 1 aromatic rings. The lowest BCUT2D eigenvalue weighted by atomic mass is 10.1. The molecule has 1 amide bonds. The van der Waals surface area contributed by atoms with Crippen molar-refractivity contribution in [3.8, 4) is 6.07 Å². The molecule has 0 fully saturated rings. The largest absolute Gasteiger partial charge is 0.336 e. The summed E-state index contributed by atoms with van der Waals surface area (Å²) in [5.41, 5.74) is 0.792. The number of nitrogens with zero attached hydrogens (tertiary/aromatic N) is 2. The fourth-order valence-corrected chi connectivity index (χ4v) is 1.48. The Morgan fingerprint density at radius 2 is 2.28 bits per heavy atom. The number of hydrogen-bond donors (Lipinski definition) is 1. The molecule has 0 aliphatic carbocycles. The first-order valence-corrected chi connectivity index (χ1v) is 5.45. The predicted molar refractivity (Wildman–Crippen MR) is 65.0 cm³/mol. The van der Waals surface area contributed by atoms with Gasteiger partial charge in [-0.2, -0.15) is 5.26 Å². The number of nitro benzene ring substituents is 1. The molecule has 0 saturated carbocycles. The second-order valence-electron chi connectivity index (χ2n) is 3.82. The van der Waals surface area contributed by atoms with Crippen LogP contribution in [-0.4, -0.2) is 16.9 Å². The van der Waals surface area contributed by atoms with E-state index in [2.05, 4.69) is 5.32 Å². The minimum absolute atomic E-state index is 0.0589. The number of amides is 1. The third-order valence-corrected chi connectivity index (χ3v) is 2.53. The Bertz CT molecular complexity index is 520. The SMILES string of the molecule is CCC(C#N)NC(=O)c1ccc([N+](=O)[O-])cc1C. The number of nitriles is 1. The number of nitro groups is 1. The highest BCUT2D eigenvalue weighted by Crippen LogP contribution is 2.17. The monoisotopic (exact) mass is 247 g/mol. The van der Waals surface area contributed by atoms with Crippen LogP contribution < -0.4 is 5.32 Å². The Hall–Kier alpha value is -2.42. The van der Waals surface area contributed by atoms with Crippen LogP contribution in [0.1, 0.15) is 29.3 Å². The molecule has 1 aromatic carbocycles. The van der Waals surface area contributed by atoms with Crippen LogP contribution in [0, 0.1) is 28.4 Å². The Kier molecular flexibility index (Phi) is 4.38. The van der Waals surface area contributed by atoms with Crippen molar-refractivity contribution in [1.29, 1.82) is 5.26 Å². The summed E-state index contributed by atoms with van der Waals surface area (Å²) in [4.78, 5) is 21.9. The Morgan fingerprint density at radius 1 is 1.61 bits per heavy atom. The third kappa shape index (κ3) is 3.04. The molecule has 1 N–H and O–H groups in total. The summed E-state index contributed by atoms with van der Waals surface area (Å²) in [5.74, 6) is -0.393. The van der Waals surface area contributed by atoms with Gasteiger partial charge in [-0.15, -0.1) is 0 Å². The van der Waals surface area contributed by atoms with E-state index < -0.39 is 16.9 Å². The summed E-state index contributed by atoms with van der Waals surface area (Å²) >= 11 is 0. The highest BCUT2D eigenvalue weighted by atomic mass is 16.6. The number of carbonyl (C=O) groups excluding carboxylic acids is 1. The summed E-state index contributed by atoms with van der Waals surface area (Å²) in [6, 6.07) is 5.42. The van der Waals surface area contributed by atoms with Crippen molar-refractivity contribution in [1.82, 2.24) is 5.32 Å². The molecule has 0 saturated heterocycles. The Balaban J connectivity index is 2.94. The summed E-state index contributed by atoms with van der Waals surface area (Å²) in [6.07, 6.45) is 0.508. The molecule has 1 rings (SSSR count). The molecule has 18 heavy (non-hydrogen) atoms.